The van der Waals surface area contributed by atoms with E-state index in [1.165, 1.54) is 36.7 Å². The fourth-order valence-electron chi connectivity index (χ4n) is 2.55. The number of nitrogens with zero attached hydrogens (tertiary/aromatic N) is 3. The molecule has 0 atom stereocenters. The Kier molecular flexibility index (Phi) is 6.42. The van der Waals surface area contributed by atoms with Crippen LogP contribution in [-0.2, 0) is 4.74 Å². The number of hydrogen-bond donors (Lipinski definition) is 2. The number of benzene rings is 2. The van der Waals surface area contributed by atoms with Gasteiger partial charge in [0.05, 0.1) is 34.1 Å². The first-order valence-corrected chi connectivity index (χ1v) is 8.93. The first-order valence-electron chi connectivity index (χ1n) is 8.55. The molecule has 1 amide bonds. The molecule has 0 saturated carbocycles. The van der Waals surface area contributed by atoms with Crippen molar-refractivity contribution < 1.29 is 23.6 Å². The number of hydrogen-bond acceptors (Lipinski definition) is 8. The monoisotopic (exact) mass is 435 g/mol. The third kappa shape index (κ3) is 5.00. The molecule has 12 heteroatoms. The molecule has 1 aromatic heterocycles. The Bertz CT molecular complexity index is 1110. The van der Waals surface area contributed by atoms with E-state index in [-0.39, 0.29) is 35.5 Å². The number of primary amides is 1. The number of nitro benzene ring substituents is 1. The van der Waals surface area contributed by atoms with Gasteiger partial charge < -0.3 is 20.5 Å². The largest absolute Gasteiger partial charge is 0.487 e. The van der Waals surface area contributed by atoms with Crippen molar-refractivity contribution in [2.45, 2.75) is 6.42 Å². The van der Waals surface area contributed by atoms with Gasteiger partial charge in [0.2, 0.25) is 0 Å². The van der Waals surface area contributed by atoms with Crippen LogP contribution in [0, 0.1) is 15.9 Å². The molecule has 1 heterocycles. The number of nitro groups is 1. The van der Waals surface area contributed by atoms with Crippen LogP contribution in [0.3, 0.4) is 0 Å². The number of halogens is 2. The average Bonchev–Trinajstić information content (AvgIpc) is 2.70. The van der Waals surface area contributed by atoms with E-state index in [0.717, 1.165) is 0 Å². The normalized spacial score (nSPS) is 10.6. The molecule has 3 rings (SSSR count). The van der Waals surface area contributed by atoms with E-state index in [9.17, 15) is 19.3 Å². The molecule has 10 nitrogen and oxygen atoms in total. The first-order chi connectivity index (χ1) is 14.3. The zero-order valence-electron chi connectivity index (χ0n) is 15.3. The van der Waals surface area contributed by atoms with Crippen LogP contribution in [0.15, 0.2) is 36.7 Å². The van der Waals surface area contributed by atoms with Gasteiger partial charge in [-0.1, -0.05) is 11.6 Å². The summed E-state index contributed by atoms with van der Waals surface area (Å²) in [6.07, 6.45) is 0.650. The van der Waals surface area contributed by atoms with Gasteiger partial charge >= 0.3 is 11.8 Å². The number of ether oxygens (including phenoxy) is 2. The van der Waals surface area contributed by atoms with Gasteiger partial charge in [-0.25, -0.2) is 19.2 Å². The number of amides is 1. The van der Waals surface area contributed by atoms with Crippen molar-refractivity contribution >= 4 is 45.8 Å². The Morgan fingerprint density at radius 1 is 1.27 bits per heavy atom. The van der Waals surface area contributed by atoms with Crippen LogP contribution < -0.4 is 15.8 Å². The second-order valence-electron chi connectivity index (χ2n) is 5.94. The maximum atomic E-state index is 13.4. The molecule has 0 aliphatic carbocycles. The Balaban J connectivity index is 1.88. The van der Waals surface area contributed by atoms with Crippen LogP contribution in [0.2, 0.25) is 5.02 Å². The van der Waals surface area contributed by atoms with Crippen molar-refractivity contribution in [3.8, 4) is 5.75 Å². The predicted molar refractivity (Wildman–Crippen MR) is 107 cm³/mol. The molecule has 3 N–H and O–H groups in total. The molecule has 0 saturated heterocycles. The maximum absolute atomic E-state index is 13.4. The molecule has 156 valence electrons. The summed E-state index contributed by atoms with van der Waals surface area (Å²) in [6, 6.07) is 6.69. The highest BCUT2D eigenvalue weighted by molar-refractivity contribution is 6.31. The molecule has 0 bridgehead atoms. The Morgan fingerprint density at radius 3 is 2.77 bits per heavy atom. The van der Waals surface area contributed by atoms with E-state index < -0.39 is 16.8 Å². The Morgan fingerprint density at radius 2 is 2.07 bits per heavy atom. The summed E-state index contributed by atoms with van der Waals surface area (Å²) in [4.78, 5) is 29.7. The predicted octanol–water partition coefficient (Wildman–Crippen LogP) is 3.94. The summed E-state index contributed by atoms with van der Waals surface area (Å²) in [5, 5.41) is 14.7. The summed E-state index contributed by atoms with van der Waals surface area (Å²) in [7, 11) is 0. The van der Waals surface area contributed by atoms with E-state index in [0.29, 0.717) is 23.0 Å². The van der Waals surface area contributed by atoms with Crippen LogP contribution in [0.5, 0.6) is 5.75 Å². The van der Waals surface area contributed by atoms with Crippen molar-refractivity contribution in [2.75, 3.05) is 18.5 Å². The molecule has 2 aromatic carbocycles. The van der Waals surface area contributed by atoms with Crippen molar-refractivity contribution in [3.63, 3.8) is 0 Å². The summed E-state index contributed by atoms with van der Waals surface area (Å²) in [6.45, 7) is 0.0804. The van der Waals surface area contributed by atoms with Gasteiger partial charge in [-0.2, -0.15) is 0 Å². The minimum Gasteiger partial charge on any atom is -0.487 e. The van der Waals surface area contributed by atoms with Crippen LogP contribution in [0.25, 0.3) is 10.9 Å². The number of rotatable bonds is 8. The smallest absolute Gasteiger partial charge is 0.404 e. The summed E-state index contributed by atoms with van der Waals surface area (Å²) >= 11 is 5.79. The minimum atomic E-state index is -0.911. The summed E-state index contributed by atoms with van der Waals surface area (Å²) in [5.74, 6) is -0.304. The zero-order chi connectivity index (χ0) is 21.7. The van der Waals surface area contributed by atoms with E-state index >= 15 is 0 Å². The van der Waals surface area contributed by atoms with Gasteiger partial charge in [-0.3, -0.25) is 10.1 Å². The van der Waals surface area contributed by atoms with Gasteiger partial charge in [0.25, 0.3) is 0 Å². The number of carbonyl (C=O) groups excluding carboxylic acids is 1. The number of anilines is 2. The fraction of sp³-hybridized carbons (Fsp3) is 0.167. The highest BCUT2D eigenvalue weighted by Crippen LogP contribution is 2.35. The van der Waals surface area contributed by atoms with Crippen molar-refractivity contribution in [2.24, 2.45) is 5.73 Å². The lowest BCUT2D eigenvalue weighted by Gasteiger charge is -2.11. The number of nitrogens with one attached hydrogen (secondary N) is 1. The first kappa shape index (κ1) is 21.0. The SMILES string of the molecule is NC(=O)OCCCOc1cc2ncnc(Nc3ccc(F)c(Cl)c3)c2cc1[N+](=O)[O-]. The molecular weight excluding hydrogens is 421 g/mol. The quantitative estimate of drug-likeness (QED) is 0.307. The molecule has 0 aliphatic heterocycles. The van der Waals surface area contributed by atoms with E-state index in [1.54, 1.807) is 0 Å². The third-order valence-electron chi connectivity index (χ3n) is 3.89. The van der Waals surface area contributed by atoms with E-state index in [2.05, 4.69) is 20.0 Å². The summed E-state index contributed by atoms with van der Waals surface area (Å²) < 4.78 is 23.4. The van der Waals surface area contributed by atoms with Crippen LogP contribution in [-0.4, -0.2) is 34.2 Å². The van der Waals surface area contributed by atoms with Crippen molar-refractivity contribution in [1.82, 2.24) is 9.97 Å². The van der Waals surface area contributed by atoms with Crippen LogP contribution >= 0.6 is 11.6 Å². The Hall–Kier alpha value is -3.73. The fourth-order valence-corrected chi connectivity index (χ4v) is 2.74. The summed E-state index contributed by atoms with van der Waals surface area (Å²) in [5.41, 5.74) is 5.39. The molecular formula is C18H15ClFN5O5. The van der Waals surface area contributed by atoms with Crippen molar-refractivity contribution in [1.29, 1.82) is 0 Å². The highest BCUT2D eigenvalue weighted by Gasteiger charge is 2.19. The molecule has 0 radical (unpaired) electrons. The number of fused-ring (bicyclic) bond motifs is 1. The lowest BCUT2D eigenvalue weighted by Crippen LogP contribution is -2.15. The van der Waals surface area contributed by atoms with Gasteiger partial charge in [-0.15, -0.1) is 0 Å². The maximum Gasteiger partial charge on any atom is 0.404 e. The van der Waals surface area contributed by atoms with Crippen molar-refractivity contribution in [3.05, 3.63) is 57.6 Å². The van der Waals surface area contributed by atoms with Crippen LogP contribution in [0.4, 0.5) is 26.4 Å². The minimum absolute atomic E-state index is 0.000974. The number of aromatic nitrogens is 2. The topological polar surface area (TPSA) is 143 Å². The lowest BCUT2D eigenvalue weighted by atomic mass is 10.2. The molecule has 0 unspecified atom stereocenters. The molecule has 30 heavy (non-hydrogen) atoms. The van der Waals surface area contributed by atoms with E-state index in [4.69, 9.17) is 22.1 Å². The number of nitrogens with two attached hydrogens (primary N) is 1. The average molecular weight is 436 g/mol. The molecule has 0 spiro atoms. The van der Waals surface area contributed by atoms with Gasteiger partial charge in [0, 0.05) is 24.2 Å². The third-order valence-corrected chi connectivity index (χ3v) is 4.18. The lowest BCUT2D eigenvalue weighted by molar-refractivity contribution is -0.385. The Labute approximate surface area is 173 Å². The standard InChI is InChI=1S/C18H15ClFN5O5/c19-12-6-10(2-3-13(12)20)24-17-11-7-15(25(27)28)16(8-14(11)22-9-23-17)29-4-1-5-30-18(21)26/h2-3,6-9H,1,4-5H2,(H2,21,26)(H,22,23,24). The molecule has 3 aromatic rings. The second kappa shape index (κ2) is 9.18. The van der Waals surface area contributed by atoms with Gasteiger partial charge in [0.1, 0.15) is 18.0 Å². The van der Waals surface area contributed by atoms with E-state index in [1.807, 2.05) is 0 Å². The van der Waals surface area contributed by atoms with Crippen LogP contribution in [0.1, 0.15) is 6.42 Å². The highest BCUT2D eigenvalue weighted by atomic mass is 35.5. The van der Waals surface area contributed by atoms with Gasteiger partial charge in [0.15, 0.2) is 5.75 Å². The molecule has 0 aliphatic rings. The second-order valence-corrected chi connectivity index (χ2v) is 6.35. The molecule has 0 fully saturated rings. The number of carbonyl (C=O) groups is 1. The zero-order valence-corrected chi connectivity index (χ0v) is 16.1. The van der Waals surface area contributed by atoms with Gasteiger partial charge in [-0.05, 0) is 18.2 Å².